The number of aliphatic hydroxyl groups excluding tert-OH is 2. The highest BCUT2D eigenvalue weighted by Crippen LogP contribution is 2.37. The van der Waals surface area contributed by atoms with Gasteiger partial charge in [0.05, 0.1) is 26.4 Å². The second-order valence-electron chi connectivity index (χ2n) is 9.06. The van der Waals surface area contributed by atoms with Gasteiger partial charge in [0.1, 0.15) is 23.0 Å². The third-order valence-corrected chi connectivity index (χ3v) is 6.41. The number of phenolic OH excluding ortho intramolecular Hbond substituents is 2. The maximum atomic E-state index is 10.7. The van der Waals surface area contributed by atoms with Crippen molar-refractivity contribution in [3.05, 3.63) is 96.1 Å². The van der Waals surface area contributed by atoms with Crippen LogP contribution < -0.4 is 9.47 Å². The highest BCUT2D eigenvalue weighted by atomic mass is 16.5. The van der Waals surface area contributed by atoms with E-state index in [0.29, 0.717) is 35.5 Å². The Labute approximate surface area is 217 Å². The first kappa shape index (κ1) is 26.1. The van der Waals surface area contributed by atoms with Gasteiger partial charge in [0.15, 0.2) is 0 Å². The topological polar surface area (TPSA) is 99.4 Å². The van der Waals surface area contributed by atoms with Gasteiger partial charge in [-0.25, -0.2) is 0 Å². The fourth-order valence-corrected chi connectivity index (χ4v) is 4.60. The third-order valence-electron chi connectivity index (χ3n) is 6.41. The Morgan fingerprint density at radius 1 is 0.568 bits per heavy atom. The van der Waals surface area contributed by atoms with Crippen LogP contribution in [0.1, 0.15) is 17.5 Å². The molecule has 4 rings (SSSR count). The molecule has 0 fully saturated rings. The van der Waals surface area contributed by atoms with Crippen LogP contribution in [-0.4, -0.2) is 46.9 Å². The number of rotatable bonds is 10. The van der Waals surface area contributed by atoms with Crippen LogP contribution in [0.3, 0.4) is 0 Å². The predicted molar refractivity (Wildman–Crippen MR) is 144 cm³/mol. The number of para-hydroxylation sites is 2. The summed E-state index contributed by atoms with van der Waals surface area (Å²) in [6.45, 7) is 0. The van der Waals surface area contributed by atoms with Gasteiger partial charge in [-0.1, -0.05) is 60.7 Å². The summed E-state index contributed by atoms with van der Waals surface area (Å²) in [5.41, 5.74) is 4.60. The van der Waals surface area contributed by atoms with Crippen molar-refractivity contribution in [2.45, 2.75) is 31.5 Å². The molecule has 0 saturated carbocycles. The number of aliphatic hydroxyl groups is 2. The number of aromatic hydroxyl groups is 2. The Morgan fingerprint density at radius 3 is 1.35 bits per heavy atom. The molecule has 6 heteroatoms. The molecule has 0 radical (unpaired) electrons. The summed E-state index contributed by atoms with van der Waals surface area (Å²) < 4.78 is 11.1. The Morgan fingerprint density at radius 2 is 0.973 bits per heavy atom. The van der Waals surface area contributed by atoms with Crippen molar-refractivity contribution >= 4 is 0 Å². The molecule has 37 heavy (non-hydrogen) atoms. The lowest BCUT2D eigenvalue weighted by Gasteiger charge is -2.18. The van der Waals surface area contributed by atoms with Gasteiger partial charge in [-0.15, -0.1) is 0 Å². The van der Waals surface area contributed by atoms with Crippen LogP contribution in [-0.2, 0) is 12.8 Å². The molecule has 0 aromatic heterocycles. The van der Waals surface area contributed by atoms with Crippen molar-refractivity contribution in [3.8, 4) is 45.3 Å². The minimum atomic E-state index is -0.752. The van der Waals surface area contributed by atoms with Crippen LogP contribution in [0, 0.1) is 0 Å². The number of phenols is 2. The van der Waals surface area contributed by atoms with Crippen LogP contribution >= 0.6 is 0 Å². The van der Waals surface area contributed by atoms with Crippen molar-refractivity contribution < 1.29 is 29.9 Å². The van der Waals surface area contributed by atoms with E-state index in [9.17, 15) is 20.4 Å². The van der Waals surface area contributed by atoms with E-state index in [1.807, 2.05) is 60.7 Å². The summed E-state index contributed by atoms with van der Waals surface area (Å²) in [4.78, 5) is 0. The highest BCUT2D eigenvalue weighted by molar-refractivity contribution is 5.76. The van der Waals surface area contributed by atoms with Crippen LogP contribution in [0.25, 0.3) is 22.3 Å². The van der Waals surface area contributed by atoms with E-state index in [1.165, 1.54) is 0 Å². The van der Waals surface area contributed by atoms with E-state index in [1.54, 1.807) is 38.5 Å². The monoisotopic (exact) mass is 500 g/mol. The van der Waals surface area contributed by atoms with Crippen LogP contribution in [0.4, 0.5) is 0 Å². The fraction of sp³-hybridized carbons (Fsp3) is 0.226. The second kappa shape index (κ2) is 11.8. The molecule has 4 aromatic carbocycles. The lowest BCUT2D eigenvalue weighted by Crippen LogP contribution is -2.21. The van der Waals surface area contributed by atoms with E-state index in [-0.39, 0.29) is 17.9 Å². The van der Waals surface area contributed by atoms with Crippen LogP contribution in [0.5, 0.6) is 23.0 Å². The number of benzene rings is 4. The molecule has 4 N–H and O–H groups in total. The average molecular weight is 501 g/mol. The molecule has 0 spiro atoms. The summed E-state index contributed by atoms with van der Waals surface area (Å²) >= 11 is 0. The number of hydrogen-bond donors (Lipinski definition) is 4. The molecule has 2 atom stereocenters. The summed E-state index contributed by atoms with van der Waals surface area (Å²) in [5.74, 6) is 1.54. The average Bonchev–Trinajstić information content (AvgIpc) is 2.89. The Hall–Kier alpha value is -4.00. The molecule has 0 bridgehead atoms. The molecule has 4 aromatic rings. The summed E-state index contributed by atoms with van der Waals surface area (Å²) in [7, 11) is 3.14. The zero-order valence-corrected chi connectivity index (χ0v) is 21.0. The summed E-state index contributed by atoms with van der Waals surface area (Å²) in [5, 5.41) is 41.7. The van der Waals surface area contributed by atoms with Gasteiger partial charge in [-0.05, 0) is 54.7 Å². The molecule has 2 unspecified atom stereocenters. The van der Waals surface area contributed by atoms with Crippen molar-refractivity contribution in [1.29, 1.82) is 0 Å². The minimum Gasteiger partial charge on any atom is -0.507 e. The third kappa shape index (κ3) is 6.23. The predicted octanol–water partition coefficient (Wildman–Crippen LogP) is 5.35. The first-order valence-electron chi connectivity index (χ1n) is 12.2. The molecule has 0 aliphatic carbocycles. The molecular formula is C31H32O6. The number of hydrogen-bond acceptors (Lipinski definition) is 6. The normalized spacial score (nSPS) is 12.6. The maximum Gasteiger partial charge on any atom is 0.127 e. The van der Waals surface area contributed by atoms with E-state index in [4.69, 9.17) is 9.47 Å². The van der Waals surface area contributed by atoms with Gasteiger partial charge in [-0.2, -0.15) is 0 Å². The highest BCUT2D eigenvalue weighted by Gasteiger charge is 2.17. The van der Waals surface area contributed by atoms with Crippen LogP contribution in [0.15, 0.2) is 84.9 Å². The van der Waals surface area contributed by atoms with Gasteiger partial charge >= 0.3 is 0 Å². The minimum absolute atomic E-state index is 0.168. The van der Waals surface area contributed by atoms with Crippen molar-refractivity contribution in [1.82, 2.24) is 0 Å². The van der Waals surface area contributed by atoms with Gasteiger partial charge in [0, 0.05) is 22.3 Å². The van der Waals surface area contributed by atoms with Crippen molar-refractivity contribution in [3.63, 3.8) is 0 Å². The molecule has 6 nitrogen and oxygen atoms in total. The quantitative estimate of drug-likeness (QED) is 0.234. The zero-order chi connectivity index (χ0) is 26.4. The fourth-order valence-electron chi connectivity index (χ4n) is 4.60. The largest absolute Gasteiger partial charge is 0.507 e. The Bertz CT molecular complexity index is 1250. The number of methoxy groups -OCH3 is 2. The van der Waals surface area contributed by atoms with Gasteiger partial charge in [0.25, 0.3) is 0 Å². The molecule has 0 saturated heterocycles. The molecular weight excluding hydrogens is 468 g/mol. The first-order valence-corrected chi connectivity index (χ1v) is 12.2. The SMILES string of the molecule is COc1cc(CC(O)CC(O)Cc2ccc(-c3ccccc3O)c(OC)c2)ccc1-c1ccccc1O. The lowest BCUT2D eigenvalue weighted by molar-refractivity contribution is 0.0810. The second-order valence-corrected chi connectivity index (χ2v) is 9.06. The zero-order valence-electron chi connectivity index (χ0n) is 21.0. The molecule has 0 aliphatic heterocycles. The lowest BCUT2D eigenvalue weighted by atomic mass is 9.95. The Balaban J connectivity index is 1.41. The smallest absolute Gasteiger partial charge is 0.127 e. The van der Waals surface area contributed by atoms with Crippen LogP contribution in [0.2, 0.25) is 0 Å². The van der Waals surface area contributed by atoms with E-state index in [0.717, 1.165) is 22.3 Å². The first-order chi connectivity index (χ1) is 17.9. The van der Waals surface area contributed by atoms with E-state index in [2.05, 4.69) is 0 Å². The maximum absolute atomic E-state index is 10.7. The standard InChI is InChI=1S/C31H32O6/c1-36-30-17-20(11-13-26(30)24-7-3-5-9-28(24)34)15-22(32)19-23(33)16-21-12-14-27(31(18-21)37-2)25-8-4-6-10-29(25)35/h3-14,17-18,22-23,32-35H,15-16,19H2,1-2H3. The van der Waals surface area contributed by atoms with Crippen molar-refractivity contribution in [2.75, 3.05) is 14.2 Å². The molecule has 192 valence electrons. The summed E-state index contributed by atoms with van der Waals surface area (Å²) in [6, 6.07) is 25.3. The van der Waals surface area contributed by atoms with E-state index >= 15 is 0 Å². The molecule has 0 amide bonds. The number of ether oxygens (including phenoxy) is 2. The molecule has 0 aliphatic rings. The van der Waals surface area contributed by atoms with Gasteiger partial charge in [0.2, 0.25) is 0 Å². The molecule has 0 heterocycles. The van der Waals surface area contributed by atoms with E-state index < -0.39 is 12.2 Å². The van der Waals surface area contributed by atoms with Gasteiger partial charge < -0.3 is 29.9 Å². The summed E-state index contributed by atoms with van der Waals surface area (Å²) in [6.07, 6.45) is -0.600. The Kier molecular flexibility index (Phi) is 8.33. The van der Waals surface area contributed by atoms with Crippen molar-refractivity contribution in [2.24, 2.45) is 0 Å². The van der Waals surface area contributed by atoms with Gasteiger partial charge in [-0.3, -0.25) is 0 Å².